The third-order valence-corrected chi connectivity index (χ3v) is 3.76. The van der Waals surface area contributed by atoms with Crippen LogP contribution in [0.1, 0.15) is 24.0 Å². The molecule has 2 rings (SSSR count). The summed E-state index contributed by atoms with van der Waals surface area (Å²) in [6.45, 7) is 5.30. The normalized spacial score (nSPS) is 11.5. The molecule has 0 spiro atoms. The van der Waals surface area contributed by atoms with Crippen LogP contribution in [0.4, 0.5) is 0 Å². The largest absolute Gasteiger partial charge is 0.508 e. The summed E-state index contributed by atoms with van der Waals surface area (Å²) in [6.07, 6.45) is 1.10. The van der Waals surface area contributed by atoms with Gasteiger partial charge in [0.1, 0.15) is 23.0 Å². The molecule has 0 amide bonds. The molecule has 0 aliphatic carbocycles. The first-order valence-corrected chi connectivity index (χ1v) is 7.39. The van der Waals surface area contributed by atoms with Gasteiger partial charge in [-0.25, -0.2) is 4.79 Å². The topological polar surface area (TPSA) is 65.0 Å². The van der Waals surface area contributed by atoms with Crippen LogP contribution in [0, 0.1) is 0 Å². The van der Waals surface area contributed by atoms with E-state index in [0.29, 0.717) is 28.4 Å². The summed E-state index contributed by atoms with van der Waals surface area (Å²) in [5.74, 6) is 0.952. The number of esters is 1. The molecular formula is C19H20O5. The van der Waals surface area contributed by atoms with Gasteiger partial charge >= 0.3 is 5.97 Å². The molecule has 0 fully saturated rings. The van der Waals surface area contributed by atoms with Gasteiger partial charge in [0.2, 0.25) is 0 Å². The highest BCUT2D eigenvalue weighted by Gasteiger charge is 2.20. The van der Waals surface area contributed by atoms with Crippen molar-refractivity contribution in [3.05, 3.63) is 60.2 Å². The number of rotatable bonds is 6. The first-order valence-electron chi connectivity index (χ1n) is 7.39. The second kappa shape index (κ2) is 7.55. The monoisotopic (exact) mass is 328 g/mol. The third-order valence-electron chi connectivity index (χ3n) is 3.76. The van der Waals surface area contributed by atoms with E-state index in [1.54, 1.807) is 50.6 Å². The van der Waals surface area contributed by atoms with E-state index in [-0.39, 0.29) is 11.7 Å². The van der Waals surface area contributed by atoms with Gasteiger partial charge in [0.15, 0.2) is 0 Å². The van der Waals surface area contributed by atoms with Crippen LogP contribution in [-0.2, 0) is 4.79 Å². The Balaban J connectivity index is 2.52. The van der Waals surface area contributed by atoms with Gasteiger partial charge < -0.3 is 19.3 Å². The van der Waals surface area contributed by atoms with Gasteiger partial charge in [-0.1, -0.05) is 13.5 Å². The zero-order chi connectivity index (χ0) is 17.7. The van der Waals surface area contributed by atoms with Crippen LogP contribution >= 0.6 is 0 Å². The zero-order valence-corrected chi connectivity index (χ0v) is 13.9. The van der Waals surface area contributed by atoms with Crippen molar-refractivity contribution in [2.45, 2.75) is 12.8 Å². The maximum absolute atomic E-state index is 11.6. The number of hydrogen-bond donors (Lipinski definition) is 1. The predicted octanol–water partition coefficient (Wildman–Crippen LogP) is 3.65. The number of hydrogen-bond acceptors (Lipinski definition) is 5. The molecule has 0 aromatic heterocycles. The number of ether oxygens (including phenoxy) is 3. The number of aromatic hydroxyl groups is 1. The van der Waals surface area contributed by atoms with E-state index in [0.717, 1.165) is 6.08 Å². The molecule has 126 valence electrons. The average molecular weight is 328 g/mol. The second-order valence-corrected chi connectivity index (χ2v) is 5.18. The smallest absolute Gasteiger partial charge is 0.335 e. The Morgan fingerprint density at radius 2 is 1.67 bits per heavy atom. The summed E-state index contributed by atoms with van der Waals surface area (Å²) < 4.78 is 15.8. The van der Waals surface area contributed by atoms with Crippen molar-refractivity contribution in [2.75, 3.05) is 14.2 Å². The Labute approximate surface area is 141 Å². The van der Waals surface area contributed by atoms with E-state index in [9.17, 15) is 9.90 Å². The van der Waals surface area contributed by atoms with Gasteiger partial charge in [-0.05, 0) is 36.4 Å². The van der Waals surface area contributed by atoms with Crippen molar-refractivity contribution in [3.8, 4) is 23.0 Å². The Morgan fingerprint density at radius 1 is 1.08 bits per heavy atom. The summed E-state index contributed by atoms with van der Waals surface area (Å²) in [4.78, 5) is 11.6. The molecule has 5 nitrogen and oxygen atoms in total. The Hall–Kier alpha value is -2.95. The van der Waals surface area contributed by atoms with Gasteiger partial charge in [-0.15, -0.1) is 0 Å². The molecule has 0 saturated heterocycles. The molecule has 0 heterocycles. The fourth-order valence-corrected chi connectivity index (χ4v) is 2.41. The van der Waals surface area contributed by atoms with Crippen molar-refractivity contribution in [1.82, 2.24) is 0 Å². The van der Waals surface area contributed by atoms with Crippen molar-refractivity contribution in [3.63, 3.8) is 0 Å². The molecule has 2 aromatic carbocycles. The van der Waals surface area contributed by atoms with Crippen LogP contribution in [0.5, 0.6) is 23.0 Å². The van der Waals surface area contributed by atoms with E-state index in [4.69, 9.17) is 14.2 Å². The van der Waals surface area contributed by atoms with Gasteiger partial charge in [0, 0.05) is 23.1 Å². The van der Waals surface area contributed by atoms with Gasteiger partial charge in [-0.3, -0.25) is 0 Å². The minimum absolute atomic E-state index is 0.132. The van der Waals surface area contributed by atoms with Crippen molar-refractivity contribution in [1.29, 1.82) is 0 Å². The lowest BCUT2D eigenvalue weighted by atomic mass is 9.91. The highest BCUT2D eigenvalue weighted by Crippen LogP contribution is 2.39. The Bertz CT molecular complexity index is 751. The van der Waals surface area contributed by atoms with Crippen LogP contribution in [0.25, 0.3) is 0 Å². The number of carbonyl (C=O) groups excluding carboxylic acids is 1. The maximum atomic E-state index is 11.6. The minimum Gasteiger partial charge on any atom is -0.508 e. The molecule has 0 aliphatic rings. The average Bonchev–Trinajstić information content (AvgIpc) is 2.61. The SMILES string of the molecule is C=CC(=O)Oc1ccc(OC)cc1C(C)c1cc(OC)ccc1O. The van der Waals surface area contributed by atoms with E-state index in [2.05, 4.69) is 6.58 Å². The molecule has 0 saturated carbocycles. The summed E-state index contributed by atoms with van der Waals surface area (Å²) in [5, 5.41) is 10.2. The van der Waals surface area contributed by atoms with Crippen LogP contribution in [0.15, 0.2) is 49.1 Å². The molecule has 24 heavy (non-hydrogen) atoms. The Kier molecular flexibility index (Phi) is 5.47. The first kappa shape index (κ1) is 17.4. The second-order valence-electron chi connectivity index (χ2n) is 5.18. The summed E-state index contributed by atoms with van der Waals surface area (Å²) in [5.41, 5.74) is 1.35. The molecule has 2 aromatic rings. The molecule has 1 atom stereocenters. The highest BCUT2D eigenvalue weighted by molar-refractivity contribution is 5.83. The molecule has 0 bridgehead atoms. The molecule has 0 aliphatic heterocycles. The van der Waals surface area contributed by atoms with E-state index >= 15 is 0 Å². The standard InChI is InChI=1S/C19H20O5/c1-5-19(21)24-18-9-7-14(23-4)11-16(18)12(2)15-10-13(22-3)6-8-17(15)20/h5-12,20H,1H2,2-4H3. The third kappa shape index (κ3) is 3.68. The number of phenols is 1. The van der Waals surface area contributed by atoms with Crippen molar-refractivity contribution >= 4 is 5.97 Å². The predicted molar refractivity (Wildman–Crippen MR) is 91.0 cm³/mol. The maximum Gasteiger partial charge on any atom is 0.335 e. The number of phenolic OH excluding ortho intramolecular Hbond substituents is 1. The van der Waals surface area contributed by atoms with Crippen molar-refractivity contribution in [2.24, 2.45) is 0 Å². The van der Waals surface area contributed by atoms with Crippen LogP contribution in [0.2, 0.25) is 0 Å². The lowest BCUT2D eigenvalue weighted by Gasteiger charge is -2.19. The van der Waals surface area contributed by atoms with E-state index in [1.165, 1.54) is 0 Å². The molecule has 1 unspecified atom stereocenters. The van der Waals surface area contributed by atoms with E-state index in [1.807, 2.05) is 6.92 Å². The first-order chi connectivity index (χ1) is 11.5. The van der Waals surface area contributed by atoms with E-state index < -0.39 is 5.97 Å². The summed E-state index contributed by atoms with van der Waals surface area (Å²) >= 11 is 0. The zero-order valence-electron chi connectivity index (χ0n) is 13.9. The number of benzene rings is 2. The fourth-order valence-electron chi connectivity index (χ4n) is 2.41. The molecule has 0 radical (unpaired) electrons. The summed E-state index contributed by atoms with van der Waals surface area (Å²) in [7, 11) is 3.12. The molecule has 5 heteroatoms. The lowest BCUT2D eigenvalue weighted by Crippen LogP contribution is -2.08. The van der Waals surface area contributed by atoms with Gasteiger partial charge in [0.25, 0.3) is 0 Å². The van der Waals surface area contributed by atoms with Crippen LogP contribution < -0.4 is 14.2 Å². The van der Waals surface area contributed by atoms with Crippen LogP contribution in [0.3, 0.4) is 0 Å². The van der Waals surface area contributed by atoms with Crippen LogP contribution in [-0.4, -0.2) is 25.3 Å². The lowest BCUT2D eigenvalue weighted by molar-refractivity contribution is -0.129. The fraction of sp³-hybridized carbons (Fsp3) is 0.211. The Morgan fingerprint density at radius 3 is 2.25 bits per heavy atom. The summed E-state index contributed by atoms with van der Waals surface area (Å²) in [6, 6.07) is 10.1. The molecular weight excluding hydrogens is 308 g/mol. The highest BCUT2D eigenvalue weighted by atomic mass is 16.5. The van der Waals surface area contributed by atoms with Gasteiger partial charge in [-0.2, -0.15) is 0 Å². The van der Waals surface area contributed by atoms with Gasteiger partial charge in [0.05, 0.1) is 14.2 Å². The number of methoxy groups -OCH3 is 2. The minimum atomic E-state index is -0.552. The van der Waals surface area contributed by atoms with Crippen molar-refractivity contribution < 1.29 is 24.1 Å². The number of carbonyl (C=O) groups is 1. The molecule has 1 N–H and O–H groups in total. The quantitative estimate of drug-likeness (QED) is 0.498.